The van der Waals surface area contributed by atoms with E-state index in [1.165, 1.54) is 28.0 Å². The van der Waals surface area contributed by atoms with E-state index in [-0.39, 0.29) is 36.9 Å². The van der Waals surface area contributed by atoms with Gasteiger partial charge in [-0.1, -0.05) is 47.0 Å². The summed E-state index contributed by atoms with van der Waals surface area (Å²) in [6, 6.07) is 16.1. The summed E-state index contributed by atoms with van der Waals surface area (Å²) >= 11 is 14.1. The molecule has 4 amide bonds. The number of carbonyl (C=O) groups is 4. The first-order valence-corrected chi connectivity index (χ1v) is 21.0. The zero-order chi connectivity index (χ0) is 43.4. The van der Waals surface area contributed by atoms with Crippen molar-refractivity contribution in [2.45, 2.75) is 38.8 Å². The number of hydrogen-bond acceptors (Lipinski definition) is 10. The lowest BCUT2D eigenvalue weighted by atomic mass is 9.51. The molecule has 0 unspecified atom stereocenters. The molecule has 6 atom stereocenters. The van der Waals surface area contributed by atoms with Gasteiger partial charge in [0, 0.05) is 35.8 Å². The summed E-state index contributed by atoms with van der Waals surface area (Å²) in [7, 11) is 2.92. The molecular formula is C43H37Cl2F3N6O6S. The van der Waals surface area contributed by atoms with Gasteiger partial charge in [-0.15, -0.1) is 11.3 Å². The number of allylic oxidation sites excluding steroid dienone is 2. The maximum Gasteiger partial charge on any atom is 0.433 e. The van der Waals surface area contributed by atoms with E-state index in [1.807, 2.05) is 31.2 Å². The zero-order valence-corrected chi connectivity index (χ0v) is 35.4. The number of ether oxygens (including phenoxy) is 1. The van der Waals surface area contributed by atoms with Gasteiger partial charge in [0.05, 0.1) is 39.7 Å². The summed E-state index contributed by atoms with van der Waals surface area (Å²) in [5.41, 5.74) is 0.268. The highest BCUT2D eigenvalue weighted by Crippen LogP contribution is 2.64. The number of aliphatic hydroxyl groups excluding tert-OH is 1. The second kappa shape index (κ2) is 14.7. The molecule has 5 aromatic rings. The quantitative estimate of drug-likeness (QED) is 0.121. The van der Waals surface area contributed by atoms with Crippen LogP contribution in [0.5, 0.6) is 5.75 Å². The fourth-order valence-corrected chi connectivity index (χ4v) is 11.5. The topological polar surface area (TPSA) is 138 Å². The number of aryl methyl sites for hydroxylation is 2. The van der Waals surface area contributed by atoms with Crippen LogP contribution in [0.3, 0.4) is 0 Å². The predicted octanol–water partition coefficient (Wildman–Crippen LogP) is 7.98. The van der Waals surface area contributed by atoms with Gasteiger partial charge in [0.2, 0.25) is 11.8 Å². The Hall–Kier alpha value is -5.29. The van der Waals surface area contributed by atoms with Crippen molar-refractivity contribution >= 4 is 79.9 Å². The smallest absolute Gasteiger partial charge is 0.433 e. The lowest BCUT2D eigenvalue weighted by molar-refractivity contribution is -0.141. The number of fused-ring (bicyclic) bond motifs is 5. The Bertz CT molecular complexity index is 2720. The highest BCUT2D eigenvalue weighted by Gasteiger charge is 2.68. The van der Waals surface area contributed by atoms with Gasteiger partial charge in [-0.2, -0.15) is 23.3 Å². The monoisotopic (exact) mass is 892 g/mol. The molecule has 3 aromatic heterocycles. The summed E-state index contributed by atoms with van der Waals surface area (Å²) in [6.07, 6.45) is -2.81. The van der Waals surface area contributed by atoms with Gasteiger partial charge in [0.15, 0.2) is 5.82 Å². The number of rotatable bonds is 8. The Balaban J connectivity index is 1.12. The average Bonchev–Trinajstić information content (AvgIpc) is 3.89. The molecule has 3 fully saturated rings. The standard InChI is InChI=1S/C43H37Cl2F3N6O6S/c1-20-26-17-22(44)7-13-31(26)61-36(20)30-19-33(51(3)50-30)53-39(57)28-18-27-24(35(42(28,2)41(53)59)21-5-8-23(9-6-21)60-16-15-55)10-11-25-34(27)40(58)54(38(25)56)52(4)37-29(45)12-14-32(49-37)43(46,47)48/h5-10,12-14,17,19,25,27-28,34-35,55H,11,15-16,18H2,1-4H3/t25-,27+,28-,34-,35-,42+/m0/s1. The van der Waals surface area contributed by atoms with E-state index < -0.39 is 76.3 Å². The Labute approximate surface area is 361 Å². The van der Waals surface area contributed by atoms with Gasteiger partial charge in [-0.05, 0) is 91.6 Å². The number of hydrogen-bond donors (Lipinski definition) is 1. The molecule has 0 spiro atoms. The Morgan fingerprint density at radius 1 is 1.00 bits per heavy atom. The number of imide groups is 2. The van der Waals surface area contributed by atoms with Gasteiger partial charge in [0.1, 0.15) is 29.6 Å². The molecule has 0 bridgehead atoms. The van der Waals surface area contributed by atoms with Gasteiger partial charge < -0.3 is 9.84 Å². The molecule has 1 saturated carbocycles. The van der Waals surface area contributed by atoms with Crippen LogP contribution in [0, 0.1) is 36.0 Å². The van der Waals surface area contributed by atoms with Crippen LogP contribution in [0.25, 0.3) is 20.7 Å². The second-order valence-electron chi connectivity index (χ2n) is 16.0. The maximum absolute atomic E-state index is 15.2. The molecule has 316 valence electrons. The number of thiophene rings is 1. The lowest BCUT2D eigenvalue weighted by Crippen LogP contribution is -2.49. The highest BCUT2D eigenvalue weighted by atomic mass is 35.5. The molecule has 1 N–H and O–H groups in total. The fourth-order valence-electron chi connectivity index (χ4n) is 9.94. The van der Waals surface area contributed by atoms with Crippen LogP contribution in [-0.4, -0.2) is 68.8 Å². The molecule has 0 radical (unpaired) electrons. The van der Waals surface area contributed by atoms with Crippen molar-refractivity contribution in [3.05, 3.63) is 99.2 Å². The third-order valence-corrected chi connectivity index (χ3v) is 14.6. The highest BCUT2D eigenvalue weighted by molar-refractivity contribution is 7.22. The number of amides is 4. The number of anilines is 2. The first-order valence-electron chi connectivity index (χ1n) is 19.5. The van der Waals surface area contributed by atoms with Crippen molar-refractivity contribution in [3.8, 4) is 16.3 Å². The van der Waals surface area contributed by atoms with Crippen LogP contribution in [0.15, 0.2) is 72.3 Å². The van der Waals surface area contributed by atoms with Crippen LogP contribution >= 0.6 is 34.5 Å². The van der Waals surface area contributed by atoms with Crippen molar-refractivity contribution in [1.29, 1.82) is 0 Å². The van der Waals surface area contributed by atoms with Gasteiger partial charge >= 0.3 is 6.18 Å². The molecular weight excluding hydrogens is 856 g/mol. The fraction of sp³-hybridized carbons (Fsp3) is 0.349. The van der Waals surface area contributed by atoms with Crippen molar-refractivity contribution in [2.75, 3.05) is 30.2 Å². The van der Waals surface area contributed by atoms with E-state index in [0.29, 0.717) is 33.7 Å². The van der Waals surface area contributed by atoms with Crippen LogP contribution in [0.1, 0.15) is 42.5 Å². The second-order valence-corrected chi connectivity index (χ2v) is 17.9. The summed E-state index contributed by atoms with van der Waals surface area (Å²) in [5, 5.41) is 17.2. The van der Waals surface area contributed by atoms with E-state index in [2.05, 4.69) is 4.98 Å². The number of aliphatic hydroxyl groups is 1. The van der Waals surface area contributed by atoms with Gasteiger partial charge in [0.25, 0.3) is 11.8 Å². The van der Waals surface area contributed by atoms with Crippen LogP contribution in [-0.2, 0) is 32.4 Å². The third-order valence-electron chi connectivity index (χ3n) is 12.8. The number of aromatic nitrogens is 3. The van der Waals surface area contributed by atoms with Crippen LogP contribution < -0.4 is 14.6 Å². The molecule has 2 aliphatic heterocycles. The molecule has 5 heterocycles. The number of hydrazine groups is 1. The zero-order valence-electron chi connectivity index (χ0n) is 33.0. The minimum atomic E-state index is -4.82. The predicted molar refractivity (Wildman–Crippen MR) is 222 cm³/mol. The van der Waals surface area contributed by atoms with Crippen LogP contribution in [0.4, 0.5) is 24.8 Å². The number of benzene rings is 2. The molecule has 18 heteroatoms. The van der Waals surface area contributed by atoms with Crippen molar-refractivity contribution in [2.24, 2.45) is 36.1 Å². The molecule has 2 aromatic carbocycles. The average molecular weight is 894 g/mol. The largest absolute Gasteiger partial charge is 0.491 e. The van der Waals surface area contributed by atoms with Gasteiger partial charge in [-0.25, -0.2) is 9.88 Å². The Morgan fingerprint density at radius 3 is 2.44 bits per heavy atom. The van der Waals surface area contributed by atoms with Crippen molar-refractivity contribution in [1.82, 2.24) is 19.8 Å². The van der Waals surface area contributed by atoms with E-state index in [0.717, 1.165) is 36.6 Å². The molecule has 12 nitrogen and oxygen atoms in total. The van der Waals surface area contributed by atoms with Crippen LogP contribution in [0.2, 0.25) is 10.0 Å². The van der Waals surface area contributed by atoms with E-state index in [9.17, 15) is 32.7 Å². The third kappa shape index (κ3) is 6.27. The number of pyridine rings is 1. The minimum Gasteiger partial charge on any atom is -0.491 e. The number of nitrogens with zero attached hydrogens (tertiary/aromatic N) is 6. The first kappa shape index (κ1) is 41.1. The minimum absolute atomic E-state index is 0.0405. The summed E-state index contributed by atoms with van der Waals surface area (Å²) < 4.78 is 49.3. The molecule has 4 aliphatic rings. The SMILES string of the molecule is Cc1c(-c2cc(N3C(=O)[C@@H]4C[C@@H]5C(=CC[C@@H]6C(=O)N(N(C)c7nc(C(F)(F)F)ccc7Cl)C(=O)[C@@H]65)[C@H](c5ccc(OCCO)cc5)[C@]4(C)C3=O)n(C)n2)sc2ccc(Cl)cc12. The van der Waals surface area contributed by atoms with E-state index in [4.69, 9.17) is 33.0 Å². The maximum atomic E-state index is 15.2. The molecule has 2 saturated heterocycles. The Morgan fingerprint density at radius 2 is 1.74 bits per heavy atom. The lowest BCUT2D eigenvalue weighted by Gasteiger charge is -2.49. The summed E-state index contributed by atoms with van der Waals surface area (Å²) in [6.45, 7) is 3.59. The van der Waals surface area contributed by atoms with E-state index >= 15 is 4.79 Å². The van der Waals surface area contributed by atoms with Gasteiger partial charge in [-0.3, -0.25) is 28.9 Å². The summed E-state index contributed by atoms with van der Waals surface area (Å²) in [5.74, 6) is -6.29. The first-order chi connectivity index (χ1) is 28.9. The molecule has 61 heavy (non-hydrogen) atoms. The number of halogens is 5. The Kier molecular flexibility index (Phi) is 9.88. The summed E-state index contributed by atoms with van der Waals surface area (Å²) in [4.78, 5) is 64.7. The van der Waals surface area contributed by atoms with Crippen molar-refractivity contribution in [3.63, 3.8) is 0 Å². The van der Waals surface area contributed by atoms with Crippen molar-refractivity contribution < 1.29 is 42.2 Å². The molecule has 2 aliphatic carbocycles. The number of alkyl halides is 3. The van der Waals surface area contributed by atoms with E-state index in [1.54, 1.807) is 44.3 Å². The molecule has 9 rings (SSSR count). The number of carbonyl (C=O) groups excluding carboxylic acids is 4. The normalized spacial score (nSPS) is 25.0.